The minimum atomic E-state index is 0.482. The van der Waals surface area contributed by atoms with Crippen LogP contribution in [0.2, 0.25) is 0 Å². The van der Waals surface area contributed by atoms with Crippen LogP contribution >= 0.6 is 38.9 Å². The summed E-state index contributed by atoms with van der Waals surface area (Å²) in [5.74, 6) is 1.33. The Morgan fingerprint density at radius 3 is 2.88 bits per heavy atom. The van der Waals surface area contributed by atoms with Gasteiger partial charge >= 0.3 is 0 Å². The van der Waals surface area contributed by atoms with Gasteiger partial charge in [0.15, 0.2) is 0 Å². The summed E-state index contributed by atoms with van der Waals surface area (Å²) < 4.78 is 6.69. The molecule has 0 amide bonds. The lowest BCUT2D eigenvalue weighted by molar-refractivity contribution is 0.306. The molecule has 84 valence electrons. The molecule has 1 aromatic carbocycles. The Morgan fingerprint density at radius 1 is 1.31 bits per heavy atom. The molecule has 0 aliphatic carbocycles. The van der Waals surface area contributed by atoms with Gasteiger partial charge in [-0.25, -0.2) is 0 Å². The molecule has 0 radical (unpaired) electrons. The summed E-state index contributed by atoms with van der Waals surface area (Å²) in [6.45, 7) is 0.604. The second-order valence-electron chi connectivity index (χ2n) is 3.31. The highest BCUT2D eigenvalue weighted by atomic mass is 79.9. The van der Waals surface area contributed by atoms with E-state index in [-0.39, 0.29) is 0 Å². The summed E-state index contributed by atoms with van der Waals surface area (Å²) in [6.07, 6.45) is 0. The molecule has 16 heavy (non-hydrogen) atoms. The fourth-order valence-corrected chi connectivity index (χ4v) is 2.71. The summed E-state index contributed by atoms with van der Waals surface area (Å²) >= 11 is 10.9. The second kappa shape index (κ2) is 5.71. The van der Waals surface area contributed by atoms with Crippen LogP contribution in [-0.2, 0) is 12.5 Å². The summed E-state index contributed by atoms with van der Waals surface area (Å²) in [7, 11) is 0. The molecule has 0 saturated heterocycles. The maximum atomic E-state index is 5.82. The van der Waals surface area contributed by atoms with Crippen LogP contribution in [0.5, 0.6) is 5.75 Å². The van der Waals surface area contributed by atoms with Crippen LogP contribution in [0.15, 0.2) is 39.5 Å². The van der Waals surface area contributed by atoms with E-state index >= 15 is 0 Å². The van der Waals surface area contributed by atoms with E-state index in [0.29, 0.717) is 12.5 Å². The number of ether oxygens (including phenoxy) is 1. The van der Waals surface area contributed by atoms with Gasteiger partial charge in [-0.2, -0.15) is 11.3 Å². The minimum absolute atomic E-state index is 0.482. The van der Waals surface area contributed by atoms with Gasteiger partial charge in [-0.3, -0.25) is 0 Å². The molecule has 0 unspecified atom stereocenters. The molecule has 1 nitrogen and oxygen atoms in total. The molecular formula is C12H10BrClOS. The Labute approximate surface area is 112 Å². The average Bonchev–Trinajstić information content (AvgIpc) is 2.81. The molecule has 1 heterocycles. The quantitative estimate of drug-likeness (QED) is 0.734. The highest BCUT2D eigenvalue weighted by Gasteiger charge is 2.02. The third-order valence-electron chi connectivity index (χ3n) is 2.15. The molecule has 0 aliphatic heterocycles. The van der Waals surface area contributed by atoms with Crippen LogP contribution in [0.1, 0.15) is 11.1 Å². The summed E-state index contributed by atoms with van der Waals surface area (Å²) in [6, 6.07) is 7.92. The van der Waals surface area contributed by atoms with Crippen molar-refractivity contribution in [3.05, 3.63) is 50.6 Å². The van der Waals surface area contributed by atoms with Gasteiger partial charge in [0.05, 0.1) is 0 Å². The number of halogens is 2. The van der Waals surface area contributed by atoms with E-state index in [0.717, 1.165) is 15.8 Å². The average molecular weight is 318 g/mol. The Bertz CT molecular complexity index is 456. The topological polar surface area (TPSA) is 9.23 Å². The number of alkyl halides is 1. The summed E-state index contributed by atoms with van der Waals surface area (Å²) in [4.78, 5) is 0. The van der Waals surface area contributed by atoms with E-state index in [1.807, 2.05) is 23.6 Å². The fourth-order valence-electron chi connectivity index (χ4n) is 1.28. The lowest BCUT2D eigenvalue weighted by Gasteiger charge is -2.07. The SMILES string of the molecule is ClCc1cc(OCc2ccsc2)ccc1Br. The smallest absolute Gasteiger partial charge is 0.120 e. The first kappa shape index (κ1) is 12.0. The first-order valence-electron chi connectivity index (χ1n) is 4.78. The van der Waals surface area contributed by atoms with Crippen LogP contribution in [0.3, 0.4) is 0 Å². The molecule has 1 aromatic heterocycles. The maximum Gasteiger partial charge on any atom is 0.120 e. The number of thiophene rings is 1. The van der Waals surface area contributed by atoms with Crippen molar-refractivity contribution < 1.29 is 4.74 Å². The van der Waals surface area contributed by atoms with Gasteiger partial charge < -0.3 is 4.74 Å². The molecule has 2 aromatic rings. The predicted molar refractivity (Wildman–Crippen MR) is 72.4 cm³/mol. The molecule has 0 fully saturated rings. The Morgan fingerprint density at radius 2 is 2.19 bits per heavy atom. The van der Waals surface area contributed by atoms with E-state index in [1.54, 1.807) is 11.3 Å². The number of benzene rings is 1. The molecule has 0 saturated carbocycles. The van der Waals surface area contributed by atoms with Crippen LogP contribution in [-0.4, -0.2) is 0 Å². The lowest BCUT2D eigenvalue weighted by atomic mass is 10.2. The van der Waals surface area contributed by atoms with Crippen molar-refractivity contribution in [2.75, 3.05) is 0 Å². The van der Waals surface area contributed by atoms with E-state index in [4.69, 9.17) is 16.3 Å². The minimum Gasteiger partial charge on any atom is -0.489 e. The van der Waals surface area contributed by atoms with Crippen molar-refractivity contribution in [1.29, 1.82) is 0 Å². The number of rotatable bonds is 4. The first-order valence-corrected chi connectivity index (χ1v) is 7.05. The molecular weight excluding hydrogens is 308 g/mol. The van der Waals surface area contributed by atoms with Crippen LogP contribution < -0.4 is 4.74 Å². The van der Waals surface area contributed by atoms with E-state index in [1.165, 1.54) is 5.56 Å². The van der Waals surface area contributed by atoms with Crippen LogP contribution in [0.25, 0.3) is 0 Å². The Balaban J connectivity index is 2.04. The molecule has 0 aliphatic rings. The van der Waals surface area contributed by atoms with Crippen molar-refractivity contribution in [1.82, 2.24) is 0 Å². The Hall–Kier alpha value is -0.510. The molecule has 0 atom stereocenters. The molecule has 4 heteroatoms. The van der Waals surface area contributed by atoms with Crippen molar-refractivity contribution in [2.24, 2.45) is 0 Å². The Kier molecular flexibility index (Phi) is 4.27. The van der Waals surface area contributed by atoms with Gasteiger partial charge in [-0.1, -0.05) is 15.9 Å². The van der Waals surface area contributed by atoms with E-state index in [2.05, 4.69) is 27.4 Å². The van der Waals surface area contributed by atoms with Gasteiger partial charge in [0.25, 0.3) is 0 Å². The van der Waals surface area contributed by atoms with Crippen molar-refractivity contribution in [2.45, 2.75) is 12.5 Å². The van der Waals surface area contributed by atoms with Gasteiger partial charge in [0.1, 0.15) is 12.4 Å². The molecule has 0 N–H and O–H groups in total. The second-order valence-corrected chi connectivity index (χ2v) is 5.21. The molecule has 2 rings (SSSR count). The predicted octanol–water partition coefficient (Wildman–Crippen LogP) is 4.83. The highest BCUT2D eigenvalue weighted by molar-refractivity contribution is 9.10. The molecule has 0 spiro atoms. The van der Waals surface area contributed by atoms with Gasteiger partial charge in [0, 0.05) is 10.4 Å². The summed E-state index contributed by atoms with van der Waals surface area (Å²) in [5.41, 5.74) is 2.24. The first-order chi connectivity index (χ1) is 7.79. The van der Waals surface area contributed by atoms with Crippen molar-refractivity contribution in [3.8, 4) is 5.75 Å². The maximum absolute atomic E-state index is 5.82. The van der Waals surface area contributed by atoms with Gasteiger partial charge in [0.2, 0.25) is 0 Å². The zero-order valence-electron chi connectivity index (χ0n) is 8.45. The van der Waals surface area contributed by atoms with Crippen LogP contribution in [0.4, 0.5) is 0 Å². The normalized spacial score (nSPS) is 10.4. The third kappa shape index (κ3) is 3.00. The lowest BCUT2D eigenvalue weighted by Crippen LogP contribution is -1.94. The van der Waals surface area contributed by atoms with E-state index in [9.17, 15) is 0 Å². The largest absolute Gasteiger partial charge is 0.489 e. The van der Waals surface area contributed by atoms with Crippen LogP contribution in [0, 0.1) is 0 Å². The monoisotopic (exact) mass is 316 g/mol. The highest BCUT2D eigenvalue weighted by Crippen LogP contribution is 2.24. The molecule has 0 bridgehead atoms. The standard InChI is InChI=1S/C12H10BrClOS/c13-12-2-1-11(5-10(12)6-14)15-7-9-3-4-16-8-9/h1-5,8H,6-7H2. The van der Waals surface area contributed by atoms with E-state index < -0.39 is 0 Å². The van der Waals surface area contributed by atoms with Gasteiger partial charge in [-0.05, 0) is 46.2 Å². The third-order valence-corrected chi connectivity index (χ3v) is 3.94. The van der Waals surface area contributed by atoms with Crippen molar-refractivity contribution >= 4 is 38.9 Å². The van der Waals surface area contributed by atoms with Gasteiger partial charge in [-0.15, -0.1) is 11.6 Å². The summed E-state index contributed by atoms with van der Waals surface area (Å²) in [5, 5.41) is 4.13. The number of hydrogen-bond donors (Lipinski definition) is 0. The zero-order valence-corrected chi connectivity index (χ0v) is 11.6. The fraction of sp³-hybridized carbons (Fsp3) is 0.167. The number of hydrogen-bond acceptors (Lipinski definition) is 2. The van der Waals surface area contributed by atoms with Crippen molar-refractivity contribution in [3.63, 3.8) is 0 Å². The zero-order chi connectivity index (χ0) is 11.4.